The summed E-state index contributed by atoms with van der Waals surface area (Å²) in [4.78, 5) is 13.7. The Morgan fingerprint density at radius 3 is 2.78 bits per heavy atom. The second kappa shape index (κ2) is 6.50. The van der Waals surface area contributed by atoms with E-state index in [-0.39, 0.29) is 11.7 Å². The Balaban J connectivity index is 1.73. The Morgan fingerprint density at radius 1 is 1.28 bits per heavy atom. The lowest BCUT2D eigenvalue weighted by molar-refractivity contribution is -0.131. The lowest BCUT2D eigenvalue weighted by Gasteiger charge is -2.26. The predicted octanol–water partition coefficient (Wildman–Crippen LogP) is 1.93. The number of piperidine rings is 1. The Kier molecular flexibility index (Phi) is 4.70. The van der Waals surface area contributed by atoms with E-state index in [1.165, 1.54) is 18.6 Å². The summed E-state index contributed by atoms with van der Waals surface area (Å²) in [5, 5.41) is 3.07. The van der Waals surface area contributed by atoms with Crippen molar-refractivity contribution in [2.75, 3.05) is 19.6 Å². The van der Waals surface area contributed by atoms with Crippen molar-refractivity contribution in [2.24, 2.45) is 0 Å². The summed E-state index contributed by atoms with van der Waals surface area (Å²) >= 11 is 0. The van der Waals surface area contributed by atoms with Gasteiger partial charge in [-0.15, -0.1) is 0 Å². The second-order valence-corrected chi connectivity index (χ2v) is 4.67. The Morgan fingerprint density at radius 2 is 2.06 bits per heavy atom. The van der Waals surface area contributed by atoms with Crippen molar-refractivity contribution in [1.29, 1.82) is 0 Å². The molecular weight excluding hydrogens is 231 g/mol. The van der Waals surface area contributed by atoms with Crippen LogP contribution in [0.5, 0.6) is 0 Å². The van der Waals surface area contributed by atoms with Crippen LogP contribution in [-0.4, -0.2) is 30.4 Å². The van der Waals surface area contributed by atoms with Crippen LogP contribution < -0.4 is 5.32 Å². The molecule has 1 aromatic rings. The third-order valence-corrected chi connectivity index (χ3v) is 3.20. The van der Waals surface area contributed by atoms with Gasteiger partial charge in [0, 0.05) is 19.6 Å². The summed E-state index contributed by atoms with van der Waals surface area (Å²) in [6, 6.07) is 6.43. The van der Waals surface area contributed by atoms with E-state index in [2.05, 4.69) is 5.32 Å². The smallest absolute Gasteiger partial charge is 0.236 e. The monoisotopic (exact) mass is 250 g/mol. The minimum Gasteiger partial charge on any atom is -0.342 e. The van der Waals surface area contributed by atoms with Gasteiger partial charge in [-0.3, -0.25) is 4.79 Å². The molecule has 0 radical (unpaired) electrons. The first-order chi connectivity index (χ1) is 8.75. The maximum atomic E-state index is 12.9. The molecule has 0 atom stereocenters. The van der Waals surface area contributed by atoms with Crippen LogP contribution in [0.25, 0.3) is 0 Å². The number of nitrogens with zero attached hydrogens (tertiary/aromatic N) is 1. The molecule has 1 aromatic carbocycles. The number of nitrogens with one attached hydrogen (secondary N) is 1. The van der Waals surface area contributed by atoms with Gasteiger partial charge in [0.1, 0.15) is 5.82 Å². The maximum absolute atomic E-state index is 12.9. The van der Waals surface area contributed by atoms with Crippen LogP contribution in [0.4, 0.5) is 4.39 Å². The number of carbonyl (C=O) groups excluding carboxylic acids is 1. The van der Waals surface area contributed by atoms with E-state index in [9.17, 15) is 9.18 Å². The number of carbonyl (C=O) groups is 1. The average Bonchev–Trinajstić information content (AvgIpc) is 2.40. The van der Waals surface area contributed by atoms with Gasteiger partial charge in [0.15, 0.2) is 0 Å². The van der Waals surface area contributed by atoms with E-state index in [1.807, 2.05) is 11.0 Å². The first-order valence-corrected chi connectivity index (χ1v) is 6.48. The normalized spacial score (nSPS) is 15.7. The van der Waals surface area contributed by atoms with Crippen molar-refractivity contribution in [3.63, 3.8) is 0 Å². The fourth-order valence-electron chi connectivity index (χ4n) is 2.22. The minimum absolute atomic E-state index is 0.145. The number of rotatable bonds is 4. The van der Waals surface area contributed by atoms with E-state index in [4.69, 9.17) is 0 Å². The van der Waals surface area contributed by atoms with Crippen LogP contribution in [0.3, 0.4) is 0 Å². The third-order valence-electron chi connectivity index (χ3n) is 3.20. The second-order valence-electron chi connectivity index (χ2n) is 4.67. The molecule has 1 fully saturated rings. The van der Waals surface area contributed by atoms with Crippen LogP contribution in [0, 0.1) is 5.82 Å². The first-order valence-electron chi connectivity index (χ1n) is 6.48. The number of hydrogen-bond donors (Lipinski definition) is 1. The van der Waals surface area contributed by atoms with Crippen LogP contribution in [0.15, 0.2) is 24.3 Å². The molecule has 1 aliphatic heterocycles. The van der Waals surface area contributed by atoms with Gasteiger partial charge < -0.3 is 10.2 Å². The molecule has 3 nitrogen and oxygen atoms in total. The Labute approximate surface area is 107 Å². The summed E-state index contributed by atoms with van der Waals surface area (Å²) in [6.07, 6.45) is 3.44. The minimum atomic E-state index is -0.239. The molecule has 1 N–H and O–H groups in total. The number of benzene rings is 1. The zero-order valence-electron chi connectivity index (χ0n) is 10.5. The van der Waals surface area contributed by atoms with Crippen LogP contribution in [0.2, 0.25) is 0 Å². The molecule has 0 aromatic heterocycles. The van der Waals surface area contributed by atoms with Gasteiger partial charge in [-0.1, -0.05) is 12.1 Å². The van der Waals surface area contributed by atoms with Crippen molar-refractivity contribution in [1.82, 2.24) is 10.2 Å². The van der Waals surface area contributed by atoms with E-state index >= 15 is 0 Å². The zero-order valence-corrected chi connectivity index (χ0v) is 10.5. The van der Waals surface area contributed by atoms with Crippen molar-refractivity contribution in [3.8, 4) is 0 Å². The fraction of sp³-hybridized carbons (Fsp3) is 0.500. The van der Waals surface area contributed by atoms with Gasteiger partial charge in [-0.25, -0.2) is 4.39 Å². The van der Waals surface area contributed by atoms with Crippen LogP contribution in [-0.2, 0) is 11.3 Å². The molecule has 2 rings (SSSR count). The highest BCUT2D eigenvalue weighted by molar-refractivity contribution is 5.78. The molecule has 0 spiro atoms. The molecular formula is C14H19FN2O. The molecule has 0 bridgehead atoms. The largest absolute Gasteiger partial charge is 0.342 e. The molecule has 98 valence electrons. The van der Waals surface area contributed by atoms with Crippen molar-refractivity contribution in [3.05, 3.63) is 35.6 Å². The molecule has 4 heteroatoms. The van der Waals surface area contributed by atoms with Gasteiger partial charge in [0.2, 0.25) is 5.91 Å². The third kappa shape index (κ3) is 3.81. The molecule has 0 unspecified atom stereocenters. The average molecular weight is 250 g/mol. The van der Waals surface area contributed by atoms with Crippen LogP contribution >= 0.6 is 0 Å². The Bertz CT molecular complexity index is 403. The van der Waals surface area contributed by atoms with Crippen molar-refractivity contribution >= 4 is 5.91 Å². The van der Waals surface area contributed by atoms with E-state index in [0.29, 0.717) is 13.1 Å². The highest BCUT2D eigenvalue weighted by Crippen LogP contribution is 2.08. The van der Waals surface area contributed by atoms with Gasteiger partial charge >= 0.3 is 0 Å². The fourth-order valence-corrected chi connectivity index (χ4v) is 2.22. The van der Waals surface area contributed by atoms with E-state index in [1.54, 1.807) is 6.07 Å². The molecule has 0 aliphatic carbocycles. The van der Waals surface area contributed by atoms with Gasteiger partial charge in [-0.05, 0) is 37.0 Å². The number of halogens is 1. The lowest BCUT2D eigenvalue weighted by Crippen LogP contribution is -2.40. The molecule has 1 amide bonds. The quantitative estimate of drug-likeness (QED) is 0.885. The molecule has 1 saturated heterocycles. The van der Waals surface area contributed by atoms with Crippen LogP contribution in [0.1, 0.15) is 24.8 Å². The number of likely N-dealkylation sites (tertiary alicyclic amines) is 1. The molecule has 1 aliphatic rings. The molecule has 0 saturated carbocycles. The first kappa shape index (κ1) is 13.0. The number of hydrogen-bond acceptors (Lipinski definition) is 2. The summed E-state index contributed by atoms with van der Waals surface area (Å²) in [5.41, 5.74) is 0.862. The molecule has 18 heavy (non-hydrogen) atoms. The summed E-state index contributed by atoms with van der Waals surface area (Å²) in [6.45, 7) is 2.61. The van der Waals surface area contributed by atoms with Crippen molar-refractivity contribution < 1.29 is 9.18 Å². The topological polar surface area (TPSA) is 32.3 Å². The van der Waals surface area contributed by atoms with Gasteiger partial charge in [0.05, 0.1) is 6.54 Å². The lowest BCUT2D eigenvalue weighted by atomic mass is 10.1. The summed E-state index contributed by atoms with van der Waals surface area (Å²) in [5.74, 6) is -0.0947. The van der Waals surface area contributed by atoms with Gasteiger partial charge in [-0.2, -0.15) is 0 Å². The predicted molar refractivity (Wildman–Crippen MR) is 68.5 cm³/mol. The highest BCUT2D eigenvalue weighted by atomic mass is 19.1. The van der Waals surface area contributed by atoms with Crippen molar-refractivity contribution in [2.45, 2.75) is 25.8 Å². The SMILES string of the molecule is O=C(CNCc1cccc(F)c1)N1CCCCC1. The number of amides is 1. The summed E-state index contributed by atoms with van der Waals surface area (Å²) < 4.78 is 12.9. The maximum Gasteiger partial charge on any atom is 0.236 e. The van der Waals surface area contributed by atoms with E-state index in [0.717, 1.165) is 31.5 Å². The van der Waals surface area contributed by atoms with E-state index < -0.39 is 0 Å². The van der Waals surface area contributed by atoms with Gasteiger partial charge in [0.25, 0.3) is 0 Å². The highest BCUT2D eigenvalue weighted by Gasteiger charge is 2.15. The Hall–Kier alpha value is -1.42. The zero-order chi connectivity index (χ0) is 12.8. The standard InChI is InChI=1S/C14H19FN2O/c15-13-6-4-5-12(9-13)10-16-11-14(18)17-7-2-1-3-8-17/h4-6,9,16H,1-3,7-8,10-11H2. The molecule has 1 heterocycles. The summed E-state index contributed by atoms with van der Waals surface area (Å²) in [7, 11) is 0.